The van der Waals surface area contributed by atoms with Crippen LogP contribution in [0.25, 0.3) is 0 Å². The summed E-state index contributed by atoms with van der Waals surface area (Å²) in [5.41, 5.74) is 0. The van der Waals surface area contributed by atoms with Crippen molar-refractivity contribution < 1.29 is 4.79 Å². The maximum absolute atomic E-state index is 12.2. The number of carbonyl (C=O) groups is 1. The Morgan fingerprint density at radius 2 is 2.35 bits per heavy atom. The lowest BCUT2D eigenvalue weighted by atomic mass is 10.1. The SMILES string of the molecule is CCN(Cc1ccc(Cl)s1)C(=O)CCC1CCCN1.Cl. The van der Waals surface area contributed by atoms with Gasteiger partial charge in [-0.3, -0.25) is 4.79 Å². The summed E-state index contributed by atoms with van der Waals surface area (Å²) < 4.78 is 0.786. The maximum Gasteiger partial charge on any atom is 0.222 e. The molecule has 0 aliphatic carbocycles. The fourth-order valence-corrected chi connectivity index (χ4v) is 3.56. The van der Waals surface area contributed by atoms with Crippen molar-refractivity contribution in [3.63, 3.8) is 0 Å². The molecule has 2 rings (SSSR count). The average Bonchev–Trinajstić information content (AvgIpc) is 3.04. The highest BCUT2D eigenvalue weighted by Crippen LogP contribution is 2.23. The first kappa shape index (κ1) is 17.8. The van der Waals surface area contributed by atoms with E-state index in [4.69, 9.17) is 11.6 Å². The lowest BCUT2D eigenvalue weighted by Crippen LogP contribution is -2.31. The van der Waals surface area contributed by atoms with Crippen LogP contribution in [0.4, 0.5) is 0 Å². The molecule has 20 heavy (non-hydrogen) atoms. The molecule has 1 aliphatic rings. The van der Waals surface area contributed by atoms with E-state index in [1.165, 1.54) is 12.8 Å². The summed E-state index contributed by atoms with van der Waals surface area (Å²) in [5, 5.41) is 3.44. The van der Waals surface area contributed by atoms with Crippen molar-refractivity contribution in [1.29, 1.82) is 0 Å². The van der Waals surface area contributed by atoms with E-state index in [0.29, 0.717) is 19.0 Å². The number of hydrogen-bond acceptors (Lipinski definition) is 3. The van der Waals surface area contributed by atoms with E-state index in [2.05, 4.69) is 5.32 Å². The molecule has 6 heteroatoms. The molecule has 1 saturated heterocycles. The van der Waals surface area contributed by atoms with Gasteiger partial charge < -0.3 is 10.2 Å². The molecule has 1 unspecified atom stereocenters. The predicted octanol–water partition coefficient (Wildman–Crippen LogP) is 3.70. The molecule has 1 aliphatic heterocycles. The molecule has 1 aromatic rings. The highest BCUT2D eigenvalue weighted by Gasteiger charge is 2.18. The van der Waals surface area contributed by atoms with Crippen molar-refractivity contribution >= 4 is 41.3 Å². The molecule has 0 radical (unpaired) electrons. The van der Waals surface area contributed by atoms with Crippen LogP contribution >= 0.6 is 35.3 Å². The Labute approximate surface area is 136 Å². The normalized spacial score (nSPS) is 17.8. The molecule has 0 spiro atoms. The first-order valence-corrected chi connectivity index (χ1v) is 8.14. The van der Waals surface area contributed by atoms with Gasteiger partial charge in [0.1, 0.15) is 0 Å². The van der Waals surface area contributed by atoms with E-state index in [9.17, 15) is 4.79 Å². The van der Waals surface area contributed by atoms with Gasteiger partial charge in [0.25, 0.3) is 0 Å². The molecule has 1 N–H and O–H groups in total. The van der Waals surface area contributed by atoms with E-state index in [0.717, 1.165) is 28.7 Å². The van der Waals surface area contributed by atoms with Crippen LogP contribution in [0.1, 0.15) is 37.5 Å². The Hall–Kier alpha value is -0.290. The van der Waals surface area contributed by atoms with E-state index < -0.39 is 0 Å². The van der Waals surface area contributed by atoms with Crippen LogP contribution in [0.2, 0.25) is 4.34 Å². The number of carbonyl (C=O) groups excluding carboxylic acids is 1. The van der Waals surface area contributed by atoms with Gasteiger partial charge in [0.15, 0.2) is 0 Å². The zero-order valence-electron chi connectivity index (χ0n) is 11.7. The van der Waals surface area contributed by atoms with Crippen LogP contribution in [-0.2, 0) is 11.3 Å². The minimum absolute atomic E-state index is 0. The number of thiophene rings is 1. The van der Waals surface area contributed by atoms with Crippen molar-refractivity contribution in [2.45, 2.75) is 45.2 Å². The van der Waals surface area contributed by atoms with Crippen LogP contribution in [0, 0.1) is 0 Å². The maximum atomic E-state index is 12.2. The molecule has 0 aromatic carbocycles. The van der Waals surface area contributed by atoms with Gasteiger partial charge >= 0.3 is 0 Å². The van der Waals surface area contributed by atoms with Gasteiger partial charge in [-0.1, -0.05) is 11.6 Å². The van der Waals surface area contributed by atoms with Gasteiger partial charge in [0.2, 0.25) is 5.91 Å². The third-order valence-corrected chi connectivity index (χ3v) is 4.79. The summed E-state index contributed by atoms with van der Waals surface area (Å²) in [6.07, 6.45) is 4.05. The van der Waals surface area contributed by atoms with Crippen molar-refractivity contribution in [3.05, 3.63) is 21.3 Å². The Morgan fingerprint density at radius 1 is 1.55 bits per heavy atom. The van der Waals surface area contributed by atoms with Crippen molar-refractivity contribution in [1.82, 2.24) is 10.2 Å². The zero-order valence-corrected chi connectivity index (χ0v) is 14.1. The van der Waals surface area contributed by atoms with Crippen LogP contribution < -0.4 is 5.32 Å². The van der Waals surface area contributed by atoms with Gasteiger partial charge in [-0.15, -0.1) is 23.7 Å². The third-order valence-electron chi connectivity index (χ3n) is 3.58. The van der Waals surface area contributed by atoms with Crippen molar-refractivity contribution in [2.75, 3.05) is 13.1 Å². The molecule has 0 saturated carbocycles. The van der Waals surface area contributed by atoms with Gasteiger partial charge in [-0.2, -0.15) is 0 Å². The molecule has 1 aromatic heterocycles. The summed E-state index contributed by atoms with van der Waals surface area (Å²) in [7, 11) is 0. The highest BCUT2D eigenvalue weighted by atomic mass is 35.5. The minimum atomic E-state index is 0. The first-order valence-electron chi connectivity index (χ1n) is 6.94. The topological polar surface area (TPSA) is 32.3 Å². The van der Waals surface area contributed by atoms with Crippen LogP contribution in [0.5, 0.6) is 0 Å². The minimum Gasteiger partial charge on any atom is -0.338 e. The lowest BCUT2D eigenvalue weighted by Gasteiger charge is -2.21. The van der Waals surface area contributed by atoms with E-state index in [1.807, 2.05) is 24.0 Å². The summed E-state index contributed by atoms with van der Waals surface area (Å²) in [6, 6.07) is 4.43. The Kier molecular flexibility index (Phi) is 7.88. The smallest absolute Gasteiger partial charge is 0.222 e. The summed E-state index contributed by atoms with van der Waals surface area (Å²) in [6.45, 7) is 4.57. The molecule has 0 bridgehead atoms. The molecule has 1 atom stereocenters. The number of hydrogen-bond donors (Lipinski definition) is 1. The number of amides is 1. The summed E-state index contributed by atoms with van der Waals surface area (Å²) in [5.74, 6) is 0.251. The molecule has 2 heterocycles. The molecular formula is C14H22Cl2N2OS. The Bertz CT molecular complexity index is 419. The van der Waals surface area contributed by atoms with Gasteiger partial charge in [0.05, 0.1) is 10.9 Å². The second-order valence-electron chi connectivity index (χ2n) is 4.95. The monoisotopic (exact) mass is 336 g/mol. The fourth-order valence-electron chi connectivity index (χ4n) is 2.46. The quantitative estimate of drug-likeness (QED) is 0.858. The fraction of sp³-hybridized carbons (Fsp3) is 0.643. The van der Waals surface area contributed by atoms with Gasteiger partial charge in [0, 0.05) is 23.9 Å². The van der Waals surface area contributed by atoms with Crippen molar-refractivity contribution in [2.24, 2.45) is 0 Å². The number of nitrogens with one attached hydrogen (secondary N) is 1. The highest BCUT2D eigenvalue weighted by molar-refractivity contribution is 7.16. The largest absolute Gasteiger partial charge is 0.338 e. The zero-order chi connectivity index (χ0) is 13.7. The number of halogens is 2. The van der Waals surface area contributed by atoms with E-state index >= 15 is 0 Å². The standard InChI is InChI=1S/C14H21ClN2OS.ClH/c1-2-17(10-12-6-7-13(15)19-12)14(18)8-5-11-4-3-9-16-11;/h6-7,11,16H,2-5,8-10H2,1H3;1H. The molecule has 3 nitrogen and oxygen atoms in total. The Morgan fingerprint density at radius 3 is 2.90 bits per heavy atom. The van der Waals surface area contributed by atoms with Crippen LogP contribution in [0.3, 0.4) is 0 Å². The van der Waals surface area contributed by atoms with Crippen molar-refractivity contribution in [3.8, 4) is 0 Å². The third kappa shape index (κ3) is 5.24. The molecule has 1 fully saturated rings. The van der Waals surface area contributed by atoms with Gasteiger partial charge in [-0.25, -0.2) is 0 Å². The Balaban J connectivity index is 0.00000200. The van der Waals surface area contributed by atoms with E-state index in [1.54, 1.807) is 11.3 Å². The second-order valence-corrected chi connectivity index (χ2v) is 6.75. The number of nitrogens with zero attached hydrogens (tertiary/aromatic N) is 1. The predicted molar refractivity (Wildman–Crippen MR) is 87.9 cm³/mol. The number of rotatable bonds is 6. The van der Waals surface area contributed by atoms with Gasteiger partial charge in [-0.05, 0) is 44.9 Å². The average molecular weight is 337 g/mol. The van der Waals surface area contributed by atoms with Crippen LogP contribution in [0.15, 0.2) is 12.1 Å². The van der Waals surface area contributed by atoms with E-state index in [-0.39, 0.29) is 18.3 Å². The second kappa shape index (κ2) is 8.88. The molecule has 114 valence electrons. The first-order chi connectivity index (χ1) is 9.19. The molecule has 1 amide bonds. The molecular weight excluding hydrogens is 315 g/mol. The summed E-state index contributed by atoms with van der Waals surface area (Å²) in [4.78, 5) is 15.3. The van der Waals surface area contributed by atoms with Crippen LogP contribution in [-0.4, -0.2) is 29.9 Å². The summed E-state index contributed by atoms with van der Waals surface area (Å²) >= 11 is 7.47. The lowest BCUT2D eigenvalue weighted by molar-refractivity contribution is -0.131.